The van der Waals surface area contributed by atoms with Crippen LogP contribution in [0.15, 0.2) is 59.5 Å². The Balaban J connectivity index is 1.96. The summed E-state index contributed by atoms with van der Waals surface area (Å²) in [6.45, 7) is -0.468. The zero-order valence-electron chi connectivity index (χ0n) is 17.1. The summed E-state index contributed by atoms with van der Waals surface area (Å²) in [6.07, 6.45) is -1.84. The lowest BCUT2D eigenvalue weighted by atomic mass is 10.0. The standard InChI is InChI=1S/C21H19F3N2O4S2/c1-31-13-30-20(27)12-26-18(11-19(25-26)21(22,23)24)15-8-6-14(7-9-15)16-4-3-5-17(10-16)32(2,28)29/h3-11H,12-13H2,1-2H3. The van der Waals surface area contributed by atoms with E-state index >= 15 is 0 Å². The molecule has 0 amide bonds. The summed E-state index contributed by atoms with van der Waals surface area (Å²) in [5.41, 5.74) is 0.726. The normalized spacial score (nSPS) is 12.0. The van der Waals surface area contributed by atoms with Crippen molar-refractivity contribution in [3.63, 3.8) is 0 Å². The van der Waals surface area contributed by atoms with Gasteiger partial charge < -0.3 is 4.74 Å². The van der Waals surface area contributed by atoms with Crippen LogP contribution in [0.4, 0.5) is 13.2 Å². The number of halogens is 3. The van der Waals surface area contributed by atoms with E-state index in [0.717, 1.165) is 17.0 Å². The van der Waals surface area contributed by atoms with Gasteiger partial charge in [0.15, 0.2) is 15.5 Å². The van der Waals surface area contributed by atoms with E-state index in [4.69, 9.17) is 4.74 Å². The SMILES string of the molecule is CSCOC(=O)Cn1nc(C(F)(F)F)cc1-c1ccc(-c2cccc(S(C)(=O)=O)c2)cc1. The molecule has 0 saturated carbocycles. The molecule has 2 aromatic carbocycles. The average molecular weight is 485 g/mol. The van der Waals surface area contributed by atoms with Gasteiger partial charge in [0, 0.05) is 6.26 Å². The lowest BCUT2D eigenvalue weighted by molar-refractivity contribution is -0.144. The number of nitrogens with zero attached hydrogens (tertiary/aromatic N) is 2. The fourth-order valence-corrected chi connectivity index (χ4v) is 3.86. The predicted molar refractivity (Wildman–Crippen MR) is 116 cm³/mol. The number of hydrogen-bond donors (Lipinski definition) is 0. The van der Waals surface area contributed by atoms with Gasteiger partial charge in [-0.2, -0.15) is 18.3 Å². The largest absolute Gasteiger partial charge is 0.453 e. The summed E-state index contributed by atoms with van der Waals surface area (Å²) in [6, 6.07) is 13.7. The van der Waals surface area contributed by atoms with Crippen LogP contribution in [0.25, 0.3) is 22.4 Å². The van der Waals surface area contributed by atoms with Crippen LogP contribution in [0.1, 0.15) is 5.69 Å². The molecule has 32 heavy (non-hydrogen) atoms. The fourth-order valence-electron chi connectivity index (χ4n) is 2.94. The summed E-state index contributed by atoms with van der Waals surface area (Å²) in [5.74, 6) is -0.616. The first kappa shape index (κ1) is 23.9. The molecule has 3 aromatic rings. The van der Waals surface area contributed by atoms with E-state index in [1.165, 1.54) is 23.9 Å². The molecule has 1 heterocycles. The highest BCUT2D eigenvalue weighted by atomic mass is 32.2. The lowest BCUT2D eigenvalue weighted by Crippen LogP contribution is -2.16. The van der Waals surface area contributed by atoms with Crippen LogP contribution in [0.2, 0.25) is 0 Å². The Hall–Kier alpha value is -2.79. The van der Waals surface area contributed by atoms with Gasteiger partial charge in [0.2, 0.25) is 0 Å². The van der Waals surface area contributed by atoms with Gasteiger partial charge in [-0.05, 0) is 41.1 Å². The number of esters is 1. The van der Waals surface area contributed by atoms with Crippen LogP contribution in [-0.4, -0.2) is 42.6 Å². The van der Waals surface area contributed by atoms with Crippen LogP contribution in [0, 0.1) is 0 Å². The molecule has 0 spiro atoms. The highest BCUT2D eigenvalue weighted by Gasteiger charge is 2.35. The van der Waals surface area contributed by atoms with Crippen molar-refractivity contribution >= 4 is 27.6 Å². The Kier molecular flexibility index (Phi) is 6.99. The van der Waals surface area contributed by atoms with E-state index in [0.29, 0.717) is 16.7 Å². The maximum absolute atomic E-state index is 13.2. The zero-order chi connectivity index (χ0) is 23.5. The quantitative estimate of drug-likeness (QED) is 0.363. The molecule has 1 aromatic heterocycles. The molecule has 0 unspecified atom stereocenters. The molecule has 170 valence electrons. The van der Waals surface area contributed by atoms with Crippen LogP contribution < -0.4 is 0 Å². The van der Waals surface area contributed by atoms with Gasteiger partial charge in [0.1, 0.15) is 12.5 Å². The smallest absolute Gasteiger partial charge is 0.435 e. The molecule has 0 radical (unpaired) electrons. The molecular weight excluding hydrogens is 465 g/mol. The Morgan fingerprint density at radius 1 is 1.06 bits per heavy atom. The summed E-state index contributed by atoms with van der Waals surface area (Å²) in [4.78, 5) is 12.1. The summed E-state index contributed by atoms with van der Waals surface area (Å²) in [7, 11) is -3.38. The molecule has 0 bridgehead atoms. The van der Waals surface area contributed by atoms with Gasteiger partial charge in [0.25, 0.3) is 0 Å². The number of carbonyl (C=O) groups excluding carboxylic acids is 1. The van der Waals surface area contributed by atoms with Gasteiger partial charge in [0.05, 0.1) is 10.6 Å². The summed E-state index contributed by atoms with van der Waals surface area (Å²) < 4.78 is 69.1. The Morgan fingerprint density at radius 3 is 2.31 bits per heavy atom. The van der Waals surface area contributed by atoms with Gasteiger partial charge in [-0.15, -0.1) is 11.8 Å². The third-order valence-electron chi connectivity index (χ3n) is 4.46. The third kappa shape index (κ3) is 5.71. The van der Waals surface area contributed by atoms with Crippen molar-refractivity contribution in [2.75, 3.05) is 18.5 Å². The summed E-state index contributed by atoms with van der Waals surface area (Å²) in [5, 5.41) is 3.54. The fraction of sp³-hybridized carbons (Fsp3) is 0.238. The first-order valence-corrected chi connectivity index (χ1v) is 12.5. The number of rotatable bonds is 7. The second-order valence-electron chi connectivity index (χ2n) is 6.87. The van der Waals surface area contributed by atoms with Crippen LogP contribution in [-0.2, 0) is 32.1 Å². The zero-order valence-corrected chi connectivity index (χ0v) is 18.7. The Morgan fingerprint density at radius 2 is 1.72 bits per heavy atom. The lowest BCUT2D eigenvalue weighted by Gasteiger charge is -2.09. The number of benzene rings is 2. The molecule has 3 rings (SSSR count). The minimum atomic E-state index is -4.67. The highest BCUT2D eigenvalue weighted by Crippen LogP contribution is 2.33. The van der Waals surface area contributed by atoms with Crippen molar-refractivity contribution < 1.29 is 31.1 Å². The maximum Gasteiger partial charge on any atom is 0.435 e. The molecule has 6 nitrogen and oxygen atoms in total. The number of alkyl halides is 3. The highest BCUT2D eigenvalue weighted by molar-refractivity contribution is 7.98. The maximum atomic E-state index is 13.2. The molecule has 0 aliphatic rings. The molecule has 11 heteroatoms. The van der Waals surface area contributed by atoms with Crippen molar-refractivity contribution in [3.05, 3.63) is 60.3 Å². The number of ether oxygens (including phenoxy) is 1. The van der Waals surface area contributed by atoms with Gasteiger partial charge in [-0.3, -0.25) is 9.48 Å². The van der Waals surface area contributed by atoms with E-state index in [-0.39, 0.29) is 16.5 Å². The number of thioether (sulfide) groups is 1. The van der Waals surface area contributed by atoms with E-state index in [1.54, 1.807) is 42.7 Å². The first-order valence-electron chi connectivity index (χ1n) is 9.19. The minimum absolute atomic E-state index is 0.0861. The molecule has 0 N–H and O–H groups in total. The van der Waals surface area contributed by atoms with Gasteiger partial charge >= 0.3 is 12.1 Å². The van der Waals surface area contributed by atoms with E-state index < -0.39 is 34.2 Å². The molecular formula is C21H19F3N2O4S2. The molecule has 0 fully saturated rings. The van der Waals surface area contributed by atoms with E-state index in [2.05, 4.69) is 5.10 Å². The molecule has 0 atom stereocenters. The van der Waals surface area contributed by atoms with E-state index in [1.807, 2.05) is 0 Å². The van der Waals surface area contributed by atoms with Gasteiger partial charge in [-0.1, -0.05) is 36.4 Å². The van der Waals surface area contributed by atoms with Crippen molar-refractivity contribution in [1.29, 1.82) is 0 Å². The first-order chi connectivity index (χ1) is 15.0. The van der Waals surface area contributed by atoms with Crippen molar-refractivity contribution in [3.8, 4) is 22.4 Å². The van der Waals surface area contributed by atoms with Crippen LogP contribution in [0.3, 0.4) is 0 Å². The number of sulfone groups is 1. The molecule has 0 saturated heterocycles. The van der Waals surface area contributed by atoms with E-state index in [9.17, 15) is 26.4 Å². The summed E-state index contributed by atoms with van der Waals surface area (Å²) >= 11 is 1.26. The number of aromatic nitrogens is 2. The van der Waals surface area contributed by atoms with Gasteiger partial charge in [-0.25, -0.2) is 8.42 Å². The minimum Gasteiger partial charge on any atom is -0.453 e. The topological polar surface area (TPSA) is 78.3 Å². The molecule has 0 aliphatic carbocycles. The van der Waals surface area contributed by atoms with Crippen molar-refractivity contribution in [1.82, 2.24) is 9.78 Å². The second kappa shape index (κ2) is 9.37. The van der Waals surface area contributed by atoms with Crippen LogP contribution >= 0.6 is 11.8 Å². The van der Waals surface area contributed by atoms with Crippen molar-refractivity contribution in [2.24, 2.45) is 0 Å². The van der Waals surface area contributed by atoms with Crippen molar-refractivity contribution in [2.45, 2.75) is 17.6 Å². The third-order valence-corrected chi connectivity index (χ3v) is 5.93. The second-order valence-corrected chi connectivity index (χ2v) is 9.70. The molecule has 0 aliphatic heterocycles. The Bertz CT molecular complexity index is 1220. The average Bonchev–Trinajstić information content (AvgIpc) is 3.16. The van der Waals surface area contributed by atoms with Crippen LogP contribution in [0.5, 0.6) is 0 Å². The number of hydrogen-bond acceptors (Lipinski definition) is 6. The predicted octanol–water partition coefficient (Wildman–Crippen LogP) is 4.50. The number of carbonyl (C=O) groups is 1. The Labute approximate surface area is 187 Å². The monoisotopic (exact) mass is 484 g/mol.